The summed E-state index contributed by atoms with van der Waals surface area (Å²) >= 11 is 0. The molecule has 0 aliphatic rings. The van der Waals surface area contributed by atoms with Crippen LogP contribution in [0.4, 0.5) is 5.69 Å². The predicted molar refractivity (Wildman–Crippen MR) is 96.2 cm³/mol. The fourth-order valence-corrected chi connectivity index (χ4v) is 2.35. The van der Waals surface area contributed by atoms with Gasteiger partial charge in [-0.15, -0.1) is 0 Å². The summed E-state index contributed by atoms with van der Waals surface area (Å²) in [6.45, 7) is 0. The monoisotopic (exact) mass is 353 g/mol. The van der Waals surface area contributed by atoms with Crippen LogP contribution in [-0.2, 0) is 11.2 Å². The van der Waals surface area contributed by atoms with Gasteiger partial charge in [-0.2, -0.15) is 4.98 Å². The minimum atomic E-state index is -0.128. The number of hydrogen-bond donors (Lipinski definition) is 1. The topological polar surface area (TPSA) is 86.5 Å². The number of aryl methyl sites for hydroxylation is 1. The number of nitrogens with zero attached hydrogens (tertiary/aromatic N) is 2. The second-order valence-electron chi connectivity index (χ2n) is 5.52. The highest BCUT2D eigenvalue weighted by molar-refractivity contribution is 5.90. The minimum absolute atomic E-state index is 0.128. The van der Waals surface area contributed by atoms with Gasteiger partial charge in [-0.25, -0.2) is 0 Å². The second-order valence-corrected chi connectivity index (χ2v) is 5.52. The maximum absolute atomic E-state index is 12.1. The third-order valence-corrected chi connectivity index (χ3v) is 3.74. The molecule has 0 atom stereocenters. The number of hydrogen-bond acceptors (Lipinski definition) is 6. The van der Waals surface area contributed by atoms with E-state index in [9.17, 15) is 4.79 Å². The number of methoxy groups -OCH3 is 2. The van der Waals surface area contributed by atoms with Crippen molar-refractivity contribution < 1.29 is 18.8 Å². The van der Waals surface area contributed by atoms with Crippen LogP contribution in [0.3, 0.4) is 0 Å². The molecule has 2 aromatic carbocycles. The van der Waals surface area contributed by atoms with Crippen LogP contribution in [0.15, 0.2) is 53.1 Å². The summed E-state index contributed by atoms with van der Waals surface area (Å²) in [4.78, 5) is 16.4. The molecule has 1 aromatic heterocycles. The zero-order chi connectivity index (χ0) is 18.4. The van der Waals surface area contributed by atoms with Crippen LogP contribution in [0.1, 0.15) is 12.3 Å². The molecular weight excluding hydrogens is 334 g/mol. The van der Waals surface area contributed by atoms with E-state index >= 15 is 0 Å². The lowest BCUT2D eigenvalue weighted by atomic mass is 10.2. The SMILES string of the molecule is COc1ccc(NC(=O)CCc2nc(-c3cccc(OC)c3)no2)cc1. The van der Waals surface area contributed by atoms with Crippen molar-refractivity contribution in [3.8, 4) is 22.9 Å². The van der Waals surface area contributed by atoms with Crippen LogP contribution in [0.2, 0.25) is 0 Å². The first kappa shape index (κ1) is 17.5. The van der Waals surface area contributed by atoms with E-state index in [1.54, 1.807) is 38.5 Å². The molecule has 0 bridgehead atoms. The molecule has 7 heteroatoms. The lowest BCUT2D eigenvalue weighted by Crippen LogP contribution is -2.12. The van der Waals surface area contributed by atoms with Gasteiger partial charge in [-0.3, -0.25) is 4.79 Å². The van der Waals surface area contributed by atoms with Crippen molar-refractivity contribution in [2.75, 3.05) is 19.5 Å². The molecule has 0 saturated carbocycles. The van der Waals surface area contributed by atoms with Gasteiger partial charge in [0.15, 0.2) is 0 Å². The van der Waals surface area contributed by atoms with Gasteiger partial charge >= 0.3 is 0 Å². The molecule has 1 N–H and O–H groups in total. The first-order valence-corrected chi connectivity index (χ1v) is 8.09. The third-order valence-electron chi connectivity index (χ3n) is 3.74. The Kier molecular flexibility index (Phi) is 5.48. The van der Waals surface area contributed by atoms with Crippen molar-refractivity contribution in [3.05, 3.63) is 54.4 Å². The number of aromatic nitrogens is 2. The minimum Gasteiger partial charge on any atom is -0.497 e. The van der Waals surface area contributed by atoms with Crippen molar-refractivity contribution in [3.63, 3.8) is 0 Å². The van der Waals surface area contributed by atoms with Gasteiger partial charge in [0, 0.05) is 24.1 Å². The largest absolute Gasteiger partial charge is 0.497 e. The number of rotatable bonds is 7. The van der Waals surface area contributed by atoms with E-state index in [0.29, 0.717) is 29.6 Å². The maximum Gasteiger partial charge on any atom is 0.227 e. The van der Waals surface area contributed by atoms with Crippen molar-refractivity contribution in [1.29, 1.82) is 0 Å². The molecule has 1 heterocycles. The number of amides is 1. The highest BCUT2D eigenvalue weighted by Gasteiger charge is 2.11. The van der Waals surface area contributed by atoms with E-state index in [1.807, 2.05) is 24.3 Å². The molecule has 3 aromatic rings. The Morgan fingerprint density at radius 1 is 1.08 bits per heavy atom. The molecule has 26 heavy (non-hydrogen) atoms. The molecule has 3 rings (SSSR count). The van der Waals surface area contributed by atoms with E-state index in [0.717, 1.165) is 11.3 Å². The van der Waals surface area contributed by atoms with Crippen LogP contribution < -0.4 is 14.8 Å². The van der Waals surface area contributed by atoms with Gasteiger partial charge < -0.3 is 19.3 Å². The van der Waals surface area contributed by atoms with Crippen LogP contribution in [-0.4, -0.2) is 30.3 Å². The predicted octanol–water partition coefficient (Wildman–Crippen LogP) is 3.33. The quantitative estimate of drug-likeness (QED) is 0.701. The summed E-state index contributed by atoms with van der Waals surface area (Å²) in [5, 5.41) is 6.77. The van der Waals surface area contributed by atoms with Crippen molar-refractivity contribution in [2.24, 2.45) is 0 Å². The maximum atomic E-state index is 12.1. The zero-order valence-electron chi connectivity index (χ0n) is 14.6. The average molecular weight is 353 g/mol. The Bertz CT molecular complexity index is 875. The van der Waals surface area contributed by atoms with Crippen LogP contribution in [0.25, 0.3) is 11.4 Å². The lowest BCUT2D eigenvalue weighted by Gasteiger charge is -2.05. The first-order valence-electron chi connectivity index (χ1n) is 8.09. The summed E-state index contributed by atoms with van der Waals surface area (Å²) in [5.41, 5.74) is 1.50. The number of anilines is 1. The van der Waals surface area contributed by atoms with Gasteiger partial charge in [-0.1, -0.05) is 17.3 Å². The van der Waals surface area contributed by atoms with E-state index in [-0.39, 0.29) is 12.3 Å². The third kappa shape index (κ3) is 4.38. The van der Waals surface area contributed by atoms with Gasteiger partial charge in [0.2, 0.25) is 17.6 Å². The van der Waals surface area contributed by atoms with E-state index < -0.39 is 0 Å². The number of ether oxygens (including phenoxy) is 2. The van der Waals surface area contributed by atoms with Crippen LogP contribution in [0.5, 0.6) is 11.5 Å². The van der Waals surface area contributed by atoms with E-state index in [4.69, 9.17) is 14.0 Å². The summed E-state index contributed by atoms with van der Waals surface area (Å²) < 4.78 is 15.5. The molecule has 0 saturated heterocycles. The van der Waals surface area contributed by atoms with Crippen LogP contribution >= 0.6 is 0 Å². The molecule has 0 unspecified atom stereocenters. The van der Waals surface area contributed by atoms with E-state index in [1.165, 1.54) is 0 Å². The lowest BCUT2D eigenvalue weighted by molar-refractivity contribution is -0.116. The summed E-state index contributed by atoms with van der Waals surface area (Å²) in [6, 6.07) is 14.5. The number of nitrogens with one attached hydrogen (secondary N) is 1. The number of carbonyl (C=O) groups excluding carboxylic acids is 1. The van der Waals surface area contributed by atoms with Crippen molar-refractivity contribution in [1.82, 2.24) is 10.1 Å². The Hall–Kier alpha value is -3.35. The van der Waals surface area contributed by atoms with Gasteiger partial charge in [0.05, 0.1) is 14.2 Å². The zero-order valence-corrected chi connectivity index (χ0v) is 14.6. The summed E-state index contributed by atoms with van der Waals surface area (Å²) in [5.74, 6) is 2.20. The Labute approximate surface area is 150 Å². The molecule has 0 radical (unpaired) electrons. The highest BCUT2D eigenvalue weighted by atomic mass is 16.5. The molecule has 7 nitrogen and oxygen atoms in total. The molecule has 0 aliphatic carbocycles. The molecule has 0 fully saturated rings. The molecule has 134 valence electrons. The fraction of sp³-hybridized carbons (Fsp3) is 0.211. The number of benzene rings is 2. The fourth-order valence-electron chi connectivity index (χ4n) is 2.35. The molecule has 1 amide bonds. The van der Waals surface area contributed by atoms with E-state index in [2.05, 4.69) is 15.5 Å². The molecule has 0 spiro atoms. The summed E-state index contributed by atoms with van der Waals surface area (Å²) in [7, 11) is 3.19. The Morgan fingerprint density at radius 3 is 2.58 bits per heavy atom. The van der Waals surface area contributed by atoms with Gasteiger partial charge in [0.25, 0.3) is 0 Å². The molecular formula is C19H19N3O4. The van der Waals surface area contributed by atoms with Crippen molar-refractivity contribution in [2.45, 2.75) is 12.8 Å². The Morgan fingerprint density at radius 2 is 1.85 bits per heavy atom. The summed E-state index contributed by atoms with van der Waals surface area (Å²) in [6.07, 6.45) is 0.602. The normalized spacial score (nSPS) is 10.4. The highest BCUT2D eigenvalue weighted by Crippen LogP contribution is 2.21. The van der Waals surface area contributed by atoms with Crippen molar-refractivity contribution >= 4 is 11.6 Å². The van der Waals surface area contributed by atoms with Crippen LogP contribution in [0, 0.1) is 0 Å². The second kappa shape index (κ2) is 8.15. The first-order chi connectivity index (χ1) is 12.7. The molecule has 0 aliphatic heterocycles. The Balaban J connectivity index is 1.56. The smallest absolute Gasteiger partial charge is 0.227 e. The average Bonchev–Trinajstić information content (AvgIpc) is 3.16. The van der Waals surface area contributed by atoms with Gasteiger partial charge in [-0.05, 0) is 36.4 Å². The standard InChI is InChI=1S/C19H19N3O4/c1-24-15-8-6-14(7-9-15)20-17(23)10-11-18-21-19(22-26-18)13-4-3-5-16(12-13)25-2/h3-9,12H,10-11H2,1-2H3,(H,20,23). The number of carbonyl (C=O) groups is 1. The van der Waals surface area contributed by atoms with Gasteiger partial charge in [0.1, 0.15) is 11.5 Å².